The SMILES string of the molecule is COc1ccc(CNC(=O)c2ccc3c(Cl)c4c(nc3c2)CCCC4)cc1. The van der Waals surface area contributed by atoms with Gasteiger partial charge in [0.05, 0.1) is 17.6 Å². The van der Waals surface area contributed by atoms with Gasteiger partial charge in [-0.2, -0.15) is 0 Å². The van der Waals surface area contributed by atoms with Crippen LogP contribution in [0.15, 0.2) is 42.5 Å². The summed E-state index contributed by atoms with van der Waals surface area (Å²) in [7, 11) is 1.63. The Balaban J connectivity index is 1.54. The number of carbonyl (C=O) groups is 1. The fraction of sp³-hybridized carbons (Fsp3) is 0.273. The van der Waals surface area contributed by atoms with Crippen LogP contribution < -0.4 is 10.1 Å². The number of hydrogen-bond donors (Lipinski definition) is 1. The van der Waals surface area contributed by atoms with Crippen LogP contribution in [0.25, 0.3) is 10.9 Å². The minimum atomic E-state index is -0.122. The van der Waals surface area contributed by atoms with E-state index in [9.17, 15) is 4.79 Å². The number of rotatable bonds is 4. The Kier molecular flexibility index (Phi) is 4.99. The lowest BCUT2D eigenvalue weighted by molar-refractivity contribution is 0.0951. The smallest absolute Gasteiger partial charge is 0.251 e. The zero-order valence-corrected chi connectivity index (χ0v) is 16.0. The van der Waals surface area contributed by atoms with Crippen LogP contribution in [0.2, 0.25) is 5.02 Å². The van der Waals surface area contributed by atoms with Crippen molar-refractivity contribution in [3.63, 3.8) is 0 Å². The molecule has 4 rings (SSSR count). The van der Waals surface area contributed by atoms with Crippen molar-refractivity contribution in [2.24, 2.45) is 0 Å². The minimum Gasteiger partial charge on any atom is -0.497 e. The average molecular weight is 381 g/mol. The van der Waals surface area contributed by atoms with Gasteiger partial charge in [0.15, 0.2) is 0 Å². The molecule has 1 N–H and O–H groups in total. The van der Waals surface area contributed by atoms with E-state index in [0.29, 0.717) is 12.1 Å². The molecule has 0 spiro atoms. The highest BCUT2D eigenvalue weighted by Crippen LogP contribution is 2.33. The average Bonchev–Trinajstić information content (AvgIpc) is 2.72. The van der Waals surface area contributed by atoms with Gasteiger partial charge >= 0.3 is 0 Å². The van der Waals surface area contributed by atoms with Gasteiger partial charge in [0.1, 0.15) is 5.75 Å². The lowest BCUT2D eigenvalue weighted by Gasteiger charge is -2.18. The zero-order chi connectivity index (χ0) is 18.8. The predicted molar refractivity (Wildman–Crippen MR) is 108 cm³/mol. The summed E-state index contributed by atoms with van der Waals surface area (Å²) in [6, 6.07) is 13.2. The van der Waals surface area contributed by atoms with Crippen molar-refractivity contribution in [1.82, 2.24) is 10.3 Å². The first-order valence-corrected chi connectivity index (χ1v) is 9.55. The van der Waals surface area contributed by atoms with Crippen LogP contribution in [-0.4, -0.2) is 18.0 Å². The highest BCUT2D eigenvalue weighted by molar-refractivity contribution is 6.36. The van der Waals surface area contributed by atoms with Crippen LogP contribution in [0, 0.1) is 0 Å². The molecule has 3 aromatic rings. The van der Waals surface area contributed by atoms with Crippen LogP contribution in [-0.2, 0) is 19.4 Å². The van der Waals surface area contributed by atoms with Crippen molar-refractivity contribution in [3.8, 4) is 5.75 Å². The molecule has 1 amide bonds. The van der Waals surface area contributed by atoms with Gasteiger partial charge in [-0.05, 0) is 61.1 Å². The lowest BCUT2D eigenvalue weighted by Crippen LogP contribution is -2.22. The number of fused-ring (bicyclic) bond motifs is 2. The molecule has 4 nitrogen and oxygen atoms in total. The van der Waals surface area contributed by atoms with Gasteiger partial charge in [-0.25, -0.2) is 0 Å². The fourth-order valence-electron chi connectivity index (χ4n) is 3.54. The first kappa shape index (κ1) is 17.8. The summed E-state index contributed by atoms with van der Waals surface area (Å²) in [5.74, 6) is 0.675. The standard InChI is InChI=1S/C22H21ClN2O2/c1-27-16-9-6-14(7-10-16)13-24-22(26)15-8-11-18-20(12-15)25-19-5-3-2-4-17(19)21(18)23/h6-12H,2-5,13H2,1H3,(H,24,26). The van der Waals surface area contributed by atoms with Gasteiger partial charge in [-0.1, -0.05) is 29.8 Å². The molecule has 1 heterocycles. The topological polar surface area (TPSA) is 51.2 Å². The molecule has 0 radical (unpaired) electrons. The van der Waals surface area contributed by atoms with Crippen molar-refractivity contribution >= 4 is 28.4 Å². The van der Waals surface area contributed by atoms with Gasteiger partial charge in [-0.15, -0.1) is 0 Å². The summed E-state index contributed by atoms with van der Waals surface area (Å²) in [6.45, 7) is 0.458. The number of aryl methyl sites for hydroxylation is 1. The quantitative estimate of drug-likeness (QED) is 0.713. The molecule has 1 aliphatic carbocycles. The van der Waals surface area contributed by atoms with Crippen molar-refractivity contribution in [2.45, 2.75) is 32.2 Å². The molecule has 1 aromatic heterocycles. The number of amides is 1. The molecular formula is C22H21ClN2O2. The summed E-state index contributed by atoms with van der Waals surface area (Å²) in [4.78, 5) is 17.3. The molecule has 2 aromatic carbocycles. The number of pyridine rings is 1. The highest BCUT2D eigenvalue weighted by atomic mass is 35.5. The van der Waals surface area contributed by atoms with E-state index < -0.39 is 0 Å². The van der Waals surface area contributed by atoms with Crippen LogP contribution in [0.4, 0.5) is 0 Å². The van der Waals surface area contributed by atoms with Crippen molar-refractivity contribution < 1.29 is 9.53 Å². The number of halogens is 1. The summed E-state index contributed by atoms with van der Waals surface area (Å²) in [5.41, 5.74) is 4.65. The fourth-order valence-corrected chi connectivity index (χ4v) is 3.90. The molecule has 0 saturated carbocycles. The second-order valence-corrected chi connectivity index (χ2v) is 7.20. The normalized spacial score (nSPS) is 13.3. The number of nitrogens with zero attached hydrogens (tertiary/aromatic N) is 1. The number of methoxy groups -OCH3 is 1. The number of carbonyl (C=O) groups excluding carboxylic acids is 1. The van der Waals surface area contributed by atoms with E-state index in [1.54, 1.807) is 7.11 Å². The maximum absolute atomic E-state index is 12.6. The van der Waals surface area contributed by atoms with Gasteiger partial charge in [0.2, 0.25) is 0 Å². The van der Waals surface area contributed by atoms with Crippen LogP contribution in [0.1, 0.15) is 40.0 Å². The molecule has 0 unspecified atom stereocenters. The molecule has 0 fully saturated rings. The van der Waals surface area contributed by atoms with E-state index in [-0.39, 0.29) is 5.91 Å². The van der Waals surface area contributed by atoms with Crippen LogP contribution >= 0.6 is 11.6 Å². The highest BCUT2D eigenvalue weighted by Gasteiger charge is 2.18. The van der Waals surface area contributed by atoms with E-state index in [1.807, 2.05) is 42.5 Å². The number of benzene rings is 2. The van der Waals surface area contributed by atoms with E-state index >= 15 is 0 Å². The third-order valence-electron chi connectivity index (χ3n) is 5.07. The van der Waals surface area contributed by atoms with E-state index in [1.165, 1.54) is 5.56 Å². The molecule has 0 aliphatic heterocycles. The summed E-state index contributed by atoms with van der Waals surface area (Å²) in [6.07, 6.45) is 4.25. The second kappa shape index (κ2) is 7.57. The third-order valence-corrected chi connectivity index (χ3v) is 5.50. The molecule has 27 heavy (non-hydrogen) atoms. The third kappa shape index (κ3) is 3.62. The van der Waals surface area contributed by atoms with Crippen molar-refractivity contribution in [1.29, 1.82) is 0 Å². The molecule has 0 bridgehead atoms. The van der Waals surface area contributed by atoms with Crippen LogP contribution in [0.5, 0.6) is 5.75 Å². The van der Waals surface area contributed by atoms with E-state index in [2.05, 4.69) is 5.32 Å². The molecule has 5 heteroatoms. The molecule has 0 saturated heterocycles. The van der Waals surface area contributed by atoms with Crippen molar-refractivity contribution in [2.75, 3.05) is 7.11 Å². The summed E-state index contributed by atoms with van der Waals surface area (Å²) >= 11 is 6.61. The number of nitrogens with one attached hydrogen (secondary N) is 1. The molecule has 0 atom stereocenters. The number of hydrogen-bond acceptors (Lipinski definition) is 3. The molecular weight excluding hydrogens is 360 g/mol. The molecule has 138 valence electrons. The maximum Gasteiger partial charge on any atom is 0.251 e. The summed E-state index contributed by atoms with van der Waals surface area (Å²) < 4.78 is 5.15. The Morgan fingerprint density at radius 2 is 1.93 bits per heavy atom. The Bertz CT molecular complexity index is 999. The maximum atomic E-state index is 12.6. The van der Waals surface area contributed by atoms with Crippen molar-refractivity contribution in [3.05, 3.63) is 69.9 Å². The van der Waals surface area contributed by atoms with Gasteiger partial charge in [0, 0.05) is 23.2 Å². The second-order valence-electron chi connectivity index (χ2n) is 6.82. The predicted octanol–water partition coefficient (Wildman–Crippen LogP) is 4.71. The first-order chi connectivity index (χ1) is 13.2. The Morgan fingerprint density at radius 3 is 2.70 bits per heavy atom. The van der Waals surface area contributed by atoms with Crippen LogP contribution in [0.3, 0.4) is 0 Å². The first-order valence-electron chi connectivity index (χ1n) is 9.18. The van der Waals surface area contributed by atoms with E-state index in [0.717, 1.165) is 58.6 Å². The lowest BCUT2D eigenvalue weighted by atomic mass is 9.94. The minimum absolute atomic E-state index is 0.122. The number of aromatic nitrogens is 1. The zero-order valence-electron chi connectivity index (χ0n) is 15.2. The van der Waals surface area contributed by atoms with Gasteiger partial charge in [0.25, 0.3) is 5.91 Å². The Labute approximate surface area is 163 Å². The largest absolute Gasteiger partial charge is 0.497 e. The van der Waals surface area contributed by atoms with Gasteiger partial charge in [-0.3, -0.25) is 9.78 Å². The summed E-state index contributed by atoms with van der Waals surface area (Å²) in [5, 5.41) is 4.67. The van der Waals surface area contributed by atoms with E-state index in [4.69, 9.17) is 21.3 Å². The Morgan fingerprint density at radius 1 is 1.15 bits per heavy atom. The molecule has 1 aliphatic rings. The monoisotopic (exact) mass is 380 g/mol. The Hall–Kier alpha value is -2.59. The van der Waals surface area contributed by atoms with Gasteiger partial charge < -0.3 is 10.1 Å². The number of ether oxygens (including phenoxy) is 1.